The third kappa shape index (κ3) is 49.4. The molecule has 0 rings (SSSR count). The van der Waals surface area contributed by atoms with Crippen LogP contribution in [0.4, 0.5) is 0 Å². The molecular weight excluding hydrogens is 769 g/mol. The van der Waals surface area contributed by atoms with E-state index in [0.717, 1.165) is 69.6 Å². The van der Waals surface area contributed by atoms with Gasteiger partial charge in [0.15, 0.2) is 6.10 Å². The van der Waals surface area contributed by atoms with E-state index >= 15 is 0 Å². The second-order valence-electron chi connectivity index (χ2n) is 20.2. The fourth-order valence-electron chi connectivity index (χ4n) is 8.52. The van der Waals surface area contributed by atoms with Crippen molar-refractivity contribution in [2.24, 2.45) is 11.8 Å². The van der Waals surface area contributed by atoms with E-state index < -0.39 is 6.10 Å². The lowest BCUT2D eigenvalue weighted by atomic mass is 10.0. The molecule has 62 heavy (non-hydrogen) atoms. The largest absolute Gasteiger partial charge is 0.462 e. The molecule has 0 N–H and O–H groups in total. The average Bonchev–Trinajstić information content (AvgIpc) is 3.24. The Bertz CT molecular complexity index is 947. The third-order valence-electron chi connectivity index (χ3n) is 12.7. The Kier molecular flexibility index (Phi) is 47.6. The third-order valence-corrected chi connectivity index (χ3v) is 12.7. The van der Waals surface area contributed by atoms with E-state index in [-0.39, 0.29) is 31.1 Å². The molecule has 0 spiro atoms. The Labute approximate surface area is 387 Å². The summed E-state index contributed by atoms with van der Waals surface area (Å²) in [4.78, 5) is 37.9. The first-order valence-electron chi connectivity index (χ1n) is 27.7. The lowest BCUT2D eigenvalue weighted by Gasteiger charge is -2.18. The van der Waals surface area contributed by atoms with Crippen LogP contribution < -0.4 is 0 Å². The first-order chi connectivity index (χ1) is 30.2. The minimum Gasteiger partial charge on any atom is -0.462 e. The number of carbonyl (C=O) groups is 3. The zero-order valence-electron chi connectivity index (χ0n) is 42.5. The van der Waals surface area contributed by atoms with Gasteiger partial charge in [-0.3, -0.25) is 14.4 Å². The number of esters is 3. The molecule has 0 saturated carbocycles. The Balaban J connectivity index is 4.13. The highest BCUT2D eigenvalue weighted by Gasteiger charge is 2.19. The van der Waals surface area contributed by atoms with Crippen molar-refractivity contribution < 1.29 is 28.6 Å². The van der Waals surface area contributed by atoms with Crippen molar-refractivity contribution >= 4 is 17.9 Å². The maximum Gasteiger partial charge on any atom is 0.306 e. The Morgan fingerprint density at radius 2 is 0.532 bits per heavy atom. The van der Waals surface area contributed by atoms with Crippen molar-refractivity contribution in [2.75, 3.05) is 13.2 Å². The van der Waals surface area contributed by atoms with Crippen LogP contribution in [0.3, 0.4) is 0 Å². The van der Waals surface area contributed by atoms with Gasteiger partial charge in [0, 0.05) is 19.3 Å². The van der Waals surface area contributed by atoms with E-state index in [1.54, 1.807) is 0 Å². The van der Waals surface area contributed by atoms with Gasteiger partial charge in [0.1, 0.15) is 13.2 Å². The van der Waals surface area contributed by atoms with Crippen molar-refractivity contribution in [3.8, 4) is 0 Å². The second kappa shape index (κ2) is 48.9. The van der Waals surface area contributed by atoms with Gasteiger partial charge in [-0.05, 0) is 31.1 Å². The van der Waals surface area contributed by atoms with Crippen LogP contribution >= 0.6 is 0 Å². The zero-order valence-corrected chi connectivity index (χ0v) is 42.5. The lowest BCUT2D eigenvalue weighted by Crippen LogP contribution is -2.30. The molecule has 0 fully saturated rings. The minimum atomic E-state index is -0.761. The smallest absolute Gasteiger partial charge is 0.306 e. The van der Waals surface area contributed by atoms with Gasteiger partial charge in [0.25, 0.3) is 0 Å². The summed E-state index contributed by atoms with van der Waals surface area (Å²) < 4.78 is 16.8. The van der Waals surface area contributed by atoms with Crippen LogP contribution in [0.1, 0.15) is 311 Å². The van der Waals surface area contributed by atoms with Crippen molar-refractivity contribution in [1.82, 2.24) is 0 Å². The molecule has 1 atom stereocenters. The van der Waals surface area contributed by atoms with Crippen LogP contribution in [0.5, 0.6) is 0 Å². The summed E-state index contributed by atoms with van der Waals surface area (Å²) in [5, 5.41) is 0. The number of hydrogen-bond donors (Lipinski definition) is 0. The number of carbonyl (C=O) groups excluding carboxylic acids is 3. The van der Waals surface area contributed by atoms with Crippen molar-refractivity contribution in [3.63, 3.8) is 0 Å². The standard InChI is InChI=1S/C56H108O6/c1-6-7-8-9-29-36-41-46-54(57)60-49-53(62-56(59)48-43-38-33-28-24-20-16-18-22-26-31-35-40-45-52(4)5)50-61-55(58)47-42-37-32-27-23-19-15-13-11-10-12-14-17-21-25-30-34-39-44-51(2)3/h51-53H,6-50H2,1-5H3/t53-/m0/s1. The molecule has 0 aromatic carbocycles. The van der Waals surface area contributed by atoms with Gasteiger partial charge < -0.3 is 14.2 Å². The number of ether oxygens (including phenoxy) is 3. The fourth-order valence-corrected chi connectivity index (χ4v) is 8.52. The summed E-state index contributed by atoms with van der Waals surface area (Å²) in [5.74, 6) is 0.848. The first kappa shape index (κ1) is 60.4. The van der Waals surface area contributed by atoms with Gasteiger partial charge in [-0.25, -0.2) is 0 Å². The zero-order chi connectivity index (χ0) is 45.4. The topological polar surface area (TPSA) is 78.9 Å². The van der Waals surface area contributed by atoms with Crippen LogP contribution in [-0.4, -0.2) is 37.2 Å². The Hall–Kier alpha value is -1.59. The molecular formula is C56H108O6. The molecule has 0 aliphatic rings. The molecule has 0 unspecified atom stereocenters. The van der Waals surface area contributed by atoms with E-state index in [1.807, 2.05) is 0 Å². The maximum absolute atomic E-state index is 12.8. The maximum atomic E-state index is 12.8. The van der Waals surface area contributed by atoms with Crippen LogP contribution in [0.15, 0.2) is 0 Å². The molecule has 0 aromatic rings. The molecule has 0 aromatic heterocycles. The average molecular weight is 877 g/mol. The first-order valence-corrected chi connectivity index (χ1v) is 27.7. The van der Waals surface area contributed by atoms with E-state index in [2.05, 4.69) is 34.6 Å². The van der Waals surface area contributed by atoms with E-state index in [1.165, 1.54) is 199 Å². The second-order valence-corrected chi connectivity index (χ2v) is 20.2. The lowest BCUT2D eigenvalue weighted by molar-refractivity contribution is -0.167. The predicted molar refractivity (Wildman–Crippen MR) is 266 cm³/mol. The van der Waals surface area contributed by atoms with Gasteiger partial charge in [-0.2, -0.15) is 0 Å². The summed E-state index contributed by atoms with van der Waals surface area (Å²) in [6.07, 6.45) is 51.1. The molecule has 0 bridgehead atoms. The number of rotatable bonds is 50. The number of hydrogen-bond acceptors (Lipinski definition) is 6. The van der Waals surface area contributed by atoms with Crippen LogP contribution in [-0.2, 0) is 28.6 Å². The van der Waals surface area contributed by atoms with Crippen molar-refractivity contribution in [2.45, 2.75) is 317 Å². The molecule has 6 heteroatoms. The van der Waals surface area contributed by atoms with Gasteiger partial charge in [0.2, 0.25) is 0 Å². The quantitative estimate of drug-likeness (QED) is 0.0344. The highest BCUT2D eigenvalue weighted by atomic mass is 16.6. The fraction of sp³-hybridized carbons (Fsp3) is 0.946. The minimum absolute atomic E-state index is 0.0634. The van der Waals surface area contributed by atoms with Crippen LogP contribution in [0, 0.1) is 11.8 Å². The molecule has 0 aliphatic heterocycles. The van der Waals surface area contributed by atoms with Crippen molar-refractivity contribution in [1.29, 1.82) is 0 Å². The highest BCUT2D eigenvalue weighted by molar-refractivity contribution is 5.71. The molecule has 0 saturated heterocycles. The molecule has 0 radical (unpaired) electrons. The SMILES string of the molecule is CCCCCCCCCC(=O)OC[C@@H](COC(=O)CCCCCCCCCCCCCCCCCCCCC(C)C)OC(=O)CCCCCCCCCCCCCCCC(C)C. The summed E-state index contributed by atoms with van der Waals surface area (Å²) in [7, 11) is 0. The summed E-state index contributed by atoms with van der Waals surface area (Å²) in [6.45, 7) is 11.4. The molecule has 0 amide bonds. The Morgan fingerprint density at radius 1 is 0.306 bits per heavy atom. The van der Waals surface area contributed by atoms with E-state index in [9.17, 15) is 14.4 Å². The van der Waals surface area contributed by atoms with E-state index in [0.29, 0.717) is 19.3 Å². The van der Waals surface area contributed by atoms with Gasteiger partial charge in [-0.15, -0.1) is 0 Å². The summed E-state index contributed by atoms with van der Waals surface area (Å²) in [5.41, 5.74) is 0. The molecule has 368 valence electrons. The van der Waals surface area contributed by atoms with Crippen LogP contribution in [0.25, 0.3) is 0 Å². The monoisotopic (exact) mass is 877 g/mol. The summed E-state index contributed by atoms with van der Waals surface area (Å²) in [6, 6.07) is 0. The Morgan fingerprint density at radius 3 is 0.790 bits per heavy atom. The molecule has 0 aliphatic carbocycles. The summed E-state index contributed by atoms with van der Waals surface area (Å²) >= 11 is 0. The van der Waals surface area contributed by atoms with E-state index in [4.69, 9.17) is 14.2 Å². The van der Waals surface area contributed by atoms with Gasteiger partial charge in [-0.1, -0.05) is 272 Å². The number of unbranched alkanes of at least 4 members (excludes halogenated alkanes) is 35. The van der Waals surface area contributed by atoms with Gasteiger partial charge in [0.05, 0.1) is 0 Å². The molecule has 0 heterocycles. The van der Waals surface area contributed by atoms with Crippen molar-refractivity contribution in [3.05, 3.63) is 0 Å². The molecule has 6 nitrogen and oxygen atoms in total. The van der Waals surface area contributed by atoms with Gasteiger partial charge >= 0.3 is 17.9 Å². The normalized spacial score (nSPS) is 12.0. The predicted octanol–water partition coefficient (Wildman–Crippen LogP) is 18.1. The highest BCUT2D eigenvalue weighted by Crippen LogP contribution is 2.18. The van der Waals surface area contributed by atoms with Crippen LogP contribution in [0.2, 0.25) is 0 Å².